The zero-order valence-corrected chi connectivity index (χ0v) is 10.5. The third-order valence-corrected chi connectivity index (χ3v) is 3.86. The Kier molecular flexibility index (Phi) is 2.81. The second-order valence-electron chi connectivity index (χ2n) is 4.05. The van der Waals surface area contributed by atoms with Gasteiger partial charge < -0.3 is 9.84 Å². The number of benzene rings is 1. The number of aromatic hydroxyl groups is 1. The van der Waals surface area contributed by atoms with Gasteiger partial charge in [0.1, 0.15) is 0 Å². The van der Waals surface area contributed by atoms with Crippen molar-refractivity contribution >= 4 is 15.9 Å². The summed E-state index contributed by atoms with van der Waals surface area (Å²) in [7, 11) is 1.50. The van der Waals surface area contributed by atoms with E-state index in [9.17, 15) is 10.4 Å². The Morgan fingerprint density at radius 1 is 1.50 bits per heavy atom. The Labute approximate surface area is 103 Å². The molecule has 3 nitrogen and oxygen atoms in total. The van der Waals surface area contributed by atoms with Crippen molar-refractivity contribution in [2.24, 2.45) is 0 Å². The van der Waals surface area contributed by atoms with Crippen LogP contribution in [-0.4, -0.2) is 12.2 Å². The van der Waals surface area contributed by atoms with Crippen molar-refractivity contribution in [1.29, 1.82) is 5.26 Å². The van der Waals surface area contributed by atoms with E-state index < -0.39 is 5.41 Å². The lowest BCUT2D eigenvalue weighted by atomic mass is 9.65. The highest BCUT2D eigenvalue weighted by Gasteiger charge is 2.40. The van der Waals surface area contributed by atoms with E-state index in [2.05, 4.69) is 22.0 Å². The van der Waals surface area contributed by atoms with Crippen molar-refractivity contribution in [2.75, 3.05) is 7.11 Å². The summed E-state index contributed by atoms with van der Waals surface area (Å²) in [6, 6.07) is 5.70. The van der Waals surface area contributed by atoms with E-state index in [1.165, 1.54) is 7.11 Å². The predicted octanol–water partition coefficient (Wildman–Crippen LogP) is 3.11. The topological polar surface area (TPSA) is 53.2 Å². The van der Waals surface area contributed by atoms with Gasteiger partial charge in [0.2, 0.25) is 0 Å². The summed E-state index contributed by atoms with van der Waals surface area (Å²) < 4.78 is 5.84. The molecule has 0 aliphatic heterocycles. The largest absolute Gasteiger partial charge is 0.504 e. The molecule has 0 heterocycles. The number of phenolic OH excluding ortho intramolecular Hbond substituents is 1. The highest BCUT2D eigenvalue weighted by atomic mass is 79.9. The normalized spacial score (nSPS) is 17.3. The molecule has 1 N–H and O–H groups in total. The summed E-state index contributed by atoms with van der Waals surface area (Å²) in [5.74, 6) is 0.505. The van der Waals surface area contributed by atoms with E-state index in [1.807, 2.05) is 0 Å². The molecular formula is C12H12BrNO2. The molecule has 0 spiro atoms. The minimum Gasteiger partial charge on any atom is -0.504 e. The molecule has 0 saturated heterocycles. The Hall–Kier alpha value is -1.21. The maximum Gasteiger partial charge on any atom is 0.161 e. The smallest absolute Gasteiger partial charge is 0.161 e. The number of methoxy groups -OCH3 is 1. The first-order valence-corrected chi connectivity index (χ1v) is 5.90. The average molecular weight is 282 g/mol. The number of hydrogen-bond acceptors (Lipinski definition) is 3. The van der Waals surface area contributed by atoms with Crippen molar-refractivity contribution in [1.82, 2.24) is 0 Å². The van der Waals surface area contributed by atoms with Gasteiger partial charge in [-0.1, -0.05) is 15.9 Å². The van der Waals surface area contributed by atoms with Crippen molar-refractivity contribution in [3.63, 3.8) is 0 Å². The van der Waals surface area contributed by atoms with Gasteiger partial charge in [-0.2, -0.15) is 5.26 Å². The number of hydrogen-bond donors (Lipinski definition) is 1. The highest BCUT2D eigenvalue weighted by molar-refractivity contribution is 9.10. The average Bonchev–Trinajstić information content (AvgIpc) is 2.22. The Balaban J connectivity index is 2.50. The van der Waals surface area contributed by atoms with Crippen LogP contribution >= 0.6 is 15.9 Å². The van der Waals surface area contributed by atoms with Crippen LogP contribution in [0.2, 0.25) is 0 Å². The molecule has 2 rings (SSSR count). The van der Waals surface area contributed by atoms with E-state index in [0.29, 0.717) is 5.75 Å². The monoisotopic (exact) mass is 281 g/mol. The molecule has 16 heavy (non-hydrogen) atoms. The molecule has 0 atom stereocenters. The molecule has 4 heteroatoms. The fourth-order valence-corrected chi connectivity index (χ4v) is 2.75. The SMILES string of the molecule is COc1cc(Br)c(C2(C#N)CCC2)cc1O. The van der Waals surface area contributed by atoms with Crippen LogP contribution < -0.4 is 4.74 Å². The zero-order valence-electron chi connectivity index (χ0n) is 8.96. The molecule has 0 aromatic heterocycles. The van der Waals surface area contributed by atoms with Crippen molar-refractivity contribution < 1.29 is 9.84 Å². The maximum atomic E-state index is 9.74. The summed E-state index contributed by atoms with van der Waals surface area (Å²) in [6.45, 7) is 0. The van der Waals surface area contributed by atoms with Crippen LogP contribution in [0.3, 0.4) is 0 Å². The Morgan fingerprint density at radius 2 is 2.19 bits per heavy atom. The molecule has 0 bridgehead atoms. The van der Waals surface area contributed by atoms with Gasteiger partial charge >= 0.3 is 0 Å². The Morgan fingerprint density at radius 3 is 2.62 bits per heavy atom. The van der Waals surface area contributed by atoms with Crippen molar-refractivity contribution in [2.45, 2.75) is 24.7 Å². The summed E-state index contributed by atoms with van der Waals surface area (Å²) >= 11 is 3.43. The molecule has 1 saturated carbocycles. The Bertz CT molecular complexity index is 461. The number of rotatable bonds is 2. The second-order valence-corrected chi connectivity index (χ2v) is 4.91. The maximum absolute atomic E-state index is 9.74. The van der Waals surface area contributed by atoms with Crippen LogP contribution in [0.5, 0.6) is 11.5 Å². The van der Waals surface area contributed by atoms with E-state index >= 15 is 0 Å². The molecule has 0 radical (unpaired) electrons. The van der Waals surface area contributed by atoms with E-state index in [1.54, 1.807) is 12.1 Å². The number of nitrogens with zero attached hydrogens (tertiary/aromatic N) is 1. The van der Waals surface area contributed by atoms with Gasteiger partial charge in [-0.3, -0.25) is 0 Å². The molecule has 1 aromatic carbocycles. The standard InChI is InChI=1S/C12H12BrNO2/c1-16-11-6-9(13)8(5-10(11)15)12(7-14)3-2-4-12/h5-6,15H,2-4H2,1H3. The lowest BCUT2D eigenvalue weighted by Gasteiger charge is -2.36. The molecular weight excluding hydrogens is 270 g/mol. The zero-order chi connectivity index (χ0) is 11.8. The summed E-state index contributed by atoms with van der Waals surface area (Å²) in [6.07, 6.45) is 2.77. The van der Waals surface area contributed by atoms with Gasteiger partial charge in [-0.05, 0) is 37.0 Å². The number of halogens is 1. The highest BCUT2D eigenvalue weighted by Crippen LogP contribution is 2.48. The van der Waals surface area contributed by atoms with Crippen LogP contribution in [0, 0.1) is 11.3 Å². The summed E-state index contributed by atoms with van der Waals surface area (Å²) in [4.78, 5) is 0. The van der Waals surface area contributed by atoms with Gasteiger partial charge in [-0.15, -0.1) is 0 Å². The summed E-state index contributed by atoms with van der Waals surface area (Å²) in [5, 5.41) is 19.0. The fourth-order valence-electron chi connectivity index (χ4n) is 2.05. The van der Waals surface area contributed by atoms with Crippen LogP contribution in [0.1, 0.15) is 24.8 Å². The third-order valence-electron chi connectivity index (χ3n) is 3.21. The number of nitriles is 1. The van der Waals surface area contributed by atoms with Gasteiger partial charge in [0.25, 0.3) is 0 Å². The van der Waals surface area contributed by atoms with Crippen LogP contribution in [0.15, 0.2) is 16.6 Å². The van der Waals surface area contributed by atoms with Crippen LogP contribution in [0.4, 0.5) is 0 Å². The van der Waals surface area contributed by atoms with E-state index in [0.717, 1.165) is 29.3 Å². The van der Waals surface area contributed by atoms with Gasteiger partial charge in [0.15, 0.2) is 11.5 Å². The van der Waals surface area contributed by atoms with Crippen molar-refractivity contribution in [3.05, 3.63) is 22.2 Å². The predicted molar refractivity (Wildman–Crippen MR) is 63.5 cm³/mol. The fraction of sp³-hybridized carbons (Fsp3) is 0.417. The molecule has 1 aromatic rings. The lowest BCUT2D eigenvalue weighted by molar-refractivity contribution is 0.319. The van der Waals surface area contributed by atoms with Gasteiger partial charge in [0, 0.05) is 4.47 Å². The molecule has 0 unspecified atom stereocenters. The summed E-state index contributed by atoms with van der Waals surface area (Å²) in [5.41, 5.74) is 0.433. The lowest BCUT2D eigenvalue weighted by Crippen LogP contribution is -2.32. The molecule has 84 valence electrons. The van der Waals surface area contributed by atoms with Gasteiger partial charge in [-0.25, -0.2) is 0 Å². The number of phenols is 1. The van der Waals surface area contributed by atoms with E-state index in [4.69, 9.17) is 4.74 Å². The van der Waals surface area contributed by atoms with Crippen LogP contribution in [-0.2, 0) is 5.41 Å². The van der Waals surface area contributed by atoms with E-state index in [-0.39, 0.29) is 5.75 Å². The minimum absolute atomic E-state index is 0.0854. The molecule has 0 amide bonds. The van der Waals surface area contributed by atoms with Crippen LogP contribution in [0.25, 0.3) is 0 Å². The first-order chi connectivity index (χ1) is 7.63. The molecule has 1 fully saturated rings. The minimum atomic E-state index is -0.428. The number of ether oxygens (including phenoxy) is 1. The molecule has 1 aliphatic rings. The van der Waals surface area contributed by atoms with Gasteiger partial charge in [0.05, 0.1) is 18.6 Å². The second kappa shape index (κ2) is 3.99. The third kappa shape index (κ3) is 1.56. The first-order valence-electron chi connectivity index (χ1n) is 5.11. The van der Waals surface area contributed by atoms with Crippen molar-refractivity contribution in [3.8, 4) is 17.6 Å². The first kappa shape index (κ1) is 11.3. The molecule has 1 aliphatic carbocycles. The quantitative estimate of drug-likeness (QED) is 0.906.